The van der Waals surface area contributed by atoms with Gasteiger partial charge < -0.3 is 14.4 Å². The van der Waals surface area contributed by atoms with Crippen molar-refractivity contribution in [3.05, 3.63) is 58.5 Å². The van der Waals surface area contributed by atoms with Crippen molar-refractivity contribution < 1.29 is 32.3 Å². The van der Waals surface area contributed by atoms with Gasteiger partial charge in [-0.1, -0.05) is 25.1 Å². The molecule has 0 spiro atoms. The molecule has 0 bridgehead atoms. The highest BCUT2D eigenvalue weighted by molar-refractivity contribution is 5.89. The Morgan fingerprint density at radius 3 is 2.44 bits per heavy atom. The van der Waals surface area contributed by atoms with Gasteiger partial charge in [-0.25, -0.2) is 4.79 Å². The summed E-state index contributed by atoms with van der Waals surface area (Å²) < 4.78 is 44.2. The number of rotatable bonds is 6. The average Bonchev–Trinajstić information content (AvgIpc) is 2.95. The molecule has 0 saturated heterocycles. The minimum Gasteiger partial charge on any atom is -0.478 e. The lowest BCUT2D eigenvalue weighted by atomic mass is 9.93. The Balaban J connectivity index is 2.21. The number of carbonyl (C=O) groups is 2. The lowest BCUT2D eigenvalue weighted by Gasteiger charge is -2.23. The highest BCUT2D eigenvalue weighted by Gasteiger charge is 2.32. The van der Waals surface area contributed by atoms with Crippen molar-refractivity contribution in [2.45, 2.75) is 38.9 Å². The molecule has 1 heterocycles. The van der Waals surface area contributed by atoms with Gasteiger partial charge in [-0.3, -0.25) is 4.79 Å². The summed E-state index contributed by atoms with van der Waals surface area (Å²) in [6.07, 6.45) is -4.16. The molecule has 0 fully saturated rings. The number of carbonyl (C=O) groups excluding carboxylic acids is 1. The number of halogens is 3. The molecule has 8 heteroatoms. The Labute approximate surface area is 154 Å². The maximum absolute atomic E-state index is 12.9. The van der Waals surface area contributed by atoms with Crippen LogP contribution in [0.25, 0.3) is 0 Å². The number of hydrogen-bond acceptors (Lipinski definition) is 3. The van der Waals surface area contributed by atoms with Crippen LogP contribution in [0, 0.1) is 6.92 Å². The fraction of sp³-hybridized carbons (Fsp3) is 0.368. The van der Waals surface area contributed by atoms with Crippen molar-refractivity contribution in [3.63, 3.8) is 0 Å². The van der Waals surface area contributed by atoms with Gasteiger partial charge in [-0.15, -0.1) is 0 Å². The fourth-order valence-electron chi connectivity index (χ4n) is 2.90. The van der Waals surface area contributed by atoms with E-state index in [0.29, 0.717) is 12.2 Å². The summed E-state index contributed by atoms with van der Waals surface area (Å²) in [7, 11) is 1.50. The van der Waals surface area contributed by atoms with Crippen LogP contribution in [-0.4, -0.2) is 28.9 Å². The minimum absolute atomic E-state index is 0.00997. The molecular formula is C19H20F3NO4. The smallest absolute Gasteiger partial charge is 0.416 e. The van der Waals surface area contributed by atoms with Gasteiger partial charge >= 0.3 is 12.1 Å². The van der Waals surface area contributed by atoms with Crippen molar-refractivity contribution in [3.8, 4) is 0 Å². The summed E-state index contributed by atoms with van der Waals surface area (Å²) in [5.41, 5.74) is -0.511. The highest BCUT2D eigenvalue weighted by atomic mass is 19.4. The van der Waals surface area contributed by atoms with Crippen LogP contribution in [0.5, 0.6) is 0 Å². The Morgan fingerprint density at radius 2 is 1.93 bits per heavy atom. The van der Waals surface area contributed by atoms with Crippen LogP contribution in [0.3, 0.4) is 0 Å². The van der Waals surface area contributed by atoms with E-state index >= 15 is 0 Å². The molecule has 2 rings (SSSR count). The molecule has 0 aliphatic carbocycles. The van der Waals surface area contributed by atoms with Crippen LogP contribution >= 0.6 is 0 Å². The number of benzene rings is 1. The van der Waals surface area contributed by atoms with Crippen molar-refractivity contribution in [1.82, 2.24) is 4.90 Å². The SMILES string of the molecule is CCC(C(=O)N(C)Cc1cc(C(=O)O)c(C)o1)c1cccc(C(F)(F)F)c1. The third-order valence-corrected chi connectivity index (χ3v) is 4.29. The normalized spacial score (nSPS) is 12.7. The molecule has 0 aliphatic heterocycles. The zero-order valence-corrected chi connectivity index (χ0v) is 15.1. The van der Waals surface area contributed by atoms with Crippen LogP contribution < -0.4 is 0 Å². The molecule has 5 nitrogen and oxygen atoms in total. The Bertz CT molecular complexity index is 842. The number of nitrogens with zero attached hydrogens (tertiary/aromatic N) is 1. The topological polar surface area (TPSA) is 70.8 Å². The fourth-order valence-corrected chi connectivity index (χ4v) is 2.90. The summed E-state index contributed by atoms with van der Waals surface area (Å²) in [6, 6.07) is 6.06. The van der Waals surface area contributed by atoms with Crippen LogP contribution in [0.2, 0.25) is 0 Å². The second-order valence-electron chi connectivity index (χ2n) is 6.27. The third-order valence-electron chi connectivity index (χ3n) is 4.29. The number of amides is 1. The Morgan fingerprint density at radius 1 is 1.26 bits per heavy atom. The van der Waals surface area contributed by atoms with E-state index in [1.54, 1.807) is 6.92 Å². The maximum Gasteiger partial charge on any atom is 0.416 e. The van der Waals surface area contributed by atoms with Gasteiger partial charge in [-0.05, 0) is 31.0 Å². The molecule has 1 unspecified atom stereocenters. The first-order valence-electron chi connectivity index (χ1n) is 8.29. The first-order valence-corrected chi connectivity index (χ1v) is 8.29. The molecule has 1 N–H and O–H groups in total. The van der Waals surface area contributed by atoms with E-state index in [2.05, 4.69) is 0 Å². The Hall–Kier alpha value is -2.77. The van der Waals surface area contributed by atoms with E-state index in [1.165, 1.54) is 37.1 Å². The number of carboxylic acid groups (broad SMARTS) is 1. The molecule has 0 saturated carbocycles. The first kappa shape index (κ1) is 20.5. The maximum atomic E-state index is 12.9. The third kappa shape index (κ3) is 4.69. The summed E-state index contributed by atoms with van der Waals surface area (Å²) >= 11 is 0. The van der Waals surface area contributed by atoms with Gasteiger partial charge in [-0.2, -0.15) is 13.2 Å². The van der Waals surface area contributed by atoms with Gasteiger partial charge in [0.15, 0.2) is 0 Å². The molecule has 0 radical (unpaired) electrons. The molecule has 146 valence electrons. The first-order chi connectivity index (χ1) is 12.5. The van der Waals surface area contributed by atoms with Crippen LogP contribution in [0.4, 0.5) is 13.2 Å². The molecule has 27 heavy (non-hydrogen) atoms. The zero-order chi connectivity index (χ0) is 20.4. The number of carboxylic acids is 1. The molecule has 1 aromatic carbocycles. The molecule has 1 amide bonds. The van der Waals surface area contributed by atoms with Gasteiger partial charge in [0.05, 0.1) is 18.0 Å². The predicted molar refractivity (Wildman–Crippen MR) is 91.4 cm³/mol. The lowest BCUT2D eigenvalue weighted by molar-refractivity contribution is -0.138. The standard InChI is InChI=1S/C19H20F3NO4/c1-4-15(12-6-5-7-13(8-12)19(20,21)22)17(24)23(3)10-14-9-16(18(25)26)11(2)27-14/h5-9,15H,4,10H2,1-3H3,(H,25,26). The van der Waals surface area contributed by atoms with E-state index in [0.717, 1.165) is 12.1 Å². The van der Waals surface area contributed by atoms with Crippen LogP contribution in [0.15, 0.2) is 34.7 Å². The summed E-state index contributed by atoms with van der Waals surface area (Å²) in [4.78, 5) is 25.1. The van der Waals surface area contributed by atoms with E-state index in [-0.39, 0.29) is 29.3 Å². The number of aryl methyl sites for hydroxylation is 1. The second kappa shape index (κ2) is 7.85. The summed E-state index contributed by atoms with van der Waals surface area (Å²) in [5, 5.41) is 9.06. The quantitative estimate of drug-likeness (QED) is 0.800. The Kier molecular flexibility index (Phi) is 5.98. The molecule has 0 aliphatic rings. The van der Waals surface area contributed by atoms with E-state index in [4.69, 9.17) is 9.52 Å². The van der Waals surface area contributed by atoms with Crippen molar-refractivity contribution in [2.75, 3.05) is 7.05 Å². The molecular weight excluding hydrogens is 363 g/mol. The molecule has 1 aromatic heterocycles. The zero-order valence-electron chi connectivity index (χ0n) is 15.1. The number of hydrogen-bond donors (Lipinski definition) is 1. The van der Waals surface area contributed by atoms with Crippen molar-refractivity contribution in [2.24, 2.45) is 0 Å². The number of likely N-dealkylation sites (N-methyl/N-ethyl adjacent to an activating group) is 1. The monoisotopic (exact) mass is 383 g/mol. The number of aromatic carboxylic acids is 1. The van der Waals surface area contributed by atoms with E-state index < -0.39 is 23.6 Å². The second-order valence-corrected chi connectivity index (χ2v) is 6.27. The largest absolute Gasteiger partial charge is 0.478 e. The predicted octanol–water partition coefficient (Wildman–Crippen LogP) is 4.46. The van der Waals surface area contributed by atoms with Gasteiger partial charge in [0.25, 0.3) is 0 Å². The lowest BCUT2D eigenvalue weighted by Crippen LogP contribution is -2.31. The van der Waals surface area contributed by atoms with E-state index in [9.17, 15) is 22.8 Å². The number of furan rings is 1. The summed E-state index contributed by atoms with van der Waals surface area (Å²) in [5.74, 6) is -1.73. The highest BCUT2D eigenvalue weighted by Crippen LogP contribution is 2.32. The number of alkyl halides is 3. The van der Waals surface area contributed by atoms with Gasteiger partial charge in [0, 0.05) is 7.05 Å². The molecule has 1 atom stereocenters. The van der Waals surface area contributed by atoms with Crippen molar-refractivity contribution in [1.29, 1.82) is 0 Å². The average molecular weight is 383 g/mol. The summed E-state index contributed by atoms with van der Waals surface area (Å²) in [6.45, 7) is 3.24. The minimum atomic E-state index is -4.48. The van der Waals surface area contributed by atoms with Gasteiger partial charge in [0.2, 0.25) is 5.91 Å². The van der Waals surface area contributed by atoms with E-state index in [1.807, 2.05) is 0 Å². The van der Waals surface area contributed by atoms with Gasteiger partial charge in [0.1, 0.15) is 17.1 Å². The van der Waals surface area contributed by atoms with Crippen LogP contribution in [0.1, 0.15) is 52.3 Å². The molecule has 2 aromatic rings. The van der Waals surface area contributed by atoms with Crippen molar-refractivity contribution >= 4 is 11.9 Å². The van der Waals surface area contributed by atoms with Crippen LogP contribution in [-0.2, 0) is 17.5 Å².